The first-order chi connectivity index (χ1) is 13.5. The summed E-state index contributed by atoms with van der Waals surface area (Å²) in [6.07, 6.45) is 3.56. The Morgan fingerprint density at radius 2 is 1.76 bits per heavy atom. The number of carbonyl (C=O) groups is 1. The van der Waals surface area contributed by atoms with E-state index in [2.05, 4.69) is 0 Å². The zero-order chi connectivity index (χ0) is 21.4. The zero-order valence-corrected chi connectivity index (χ0v) is 18.3. The number of benzene rings is 2. The molecule has 7 nitrogen and oxygen atoms in total. The summed E-state index contributed by atoms with van der Waals surface area (Å²) in [4.78, 5) is 14.8. The molecule has 156 valence electrons. The largest absolute Gasteiger partial charge is 0.311 e. The minimum atomic E-state index is -3.67. The molecule has 1 aliphatic heterocycles. The molecule has 1 aliphatic rings. The van der Waals surface area contributed by atoms with Crippen LogP contribution in [-0.4, -0.2) is 48.3 Å². The Kier molecular flexibility index (Phi) is 5.73. The van der Waals surface area contributed by atoms with Gasteiger partial charge in [0.15, 0.2) is 9.84 Å². The summed E-state index contributed by atoms with van der Waals surface area (Å²) in [6.45, 7) is 1.92. The van der Waals surface area contributed by atoms with Gasteiger partial charge < -0.3 is 4.90 Å². The number of hydrogen-bond acceptors (Lipinski definition) is 5. The number of hydrogen-bond donors (Lipinski definition) is 0. The number of anilines is 2. The molecule has 1 amide bonds. The molecule has 3 rings (SSSR count). The smallest absolute Gasteiger partial charge is 0.247 e. The van der Waals surface area contributed by atoms with Crippen molar-refractivity contribution in [1.29, 1.82) is 0 Å². The third-order valence-corrected chi connectivity index (χ3v) is 7.20. The van der Waals surface area contributed by atoms with Crippen LogP contribution in [0.4, 0.5) is 11.4 Å². The lowest BCUT2D eigenvalue weighted by molar-refractivity contribution is -0.117. The molecule has 1 heterocycles. The van der Waals surface area contributed by atoms with Crippen LogP contribution in [-0.2, 0) is 31.1 Å². The Balaban J connectivity index is 1.94. The summed E-state index contributed by atoms with van der Waals surface area (Å²) in [5.74, 6) is -0.355. The fraction of sp³-hybridized carbons (Fsp3) is 0.350. The lowest BCUT2D eigenvalue weighted by Gasteiger charge is -2.32. The fourth-order valence-electron chi connectivity index (χ4n) is 3.50. The Morgan fingerprint density at radius 3 is 2.38 bits per heavy atom. The number of carbonyl (C=O) groups excluding carboxylic acids is 1. The van der Waals surface area contributed by atoms with Gasteiger partial charge in [0.2, 0.25) is 15.9 Å². The van der Waals surface area contributed by atoms with Crippen molar-refractivity contribution in [3.8, 4) is 0 Å². The number of aryl methyl sites for hydroxylation is 2. The normalized spacial score (nSPS) is 14.4. The second-order valence-electron chi connectivity index (χ2n) is 7.27. The molecule has 0 spiro atoms. The third kappa shape index (κ3) is 4.62. The highest BCUT2D eigenvalue weighted by atomic mass is 32.2. The van der Waals surface area contributed by atoms with E-state index in [0.717, 1.165) is 27.9 Å². The summed E-state index contributed by atoms with van der Waals surface area (Å²) < 4.78 is 49.5. The van der Waals surface area contributed by atoms with E-state index >= 15 is 0 Å². The lowest BCUT2D eigenvalue weighted by atomic mass is 10.0. The Bertz CT molecular complexity index is 1160. The van der Waals surface area contributed by atoms with Crippen LogP contribution in [0.5, 0.6) is 0 Å². The van der Waals surface area contributed by atoms with Crippen molar-refractivity contribution < 1.29 is 21.6 Å². The minimum Gasteiger partial charge on any atom is -0.311 e. The maximum Gasteiger partial charge on any atom is 0.247 e. The number of para-hydroxylation sites is 1. The number of amides is 1. The van der Waals surface area contributed by atoms with Gasteiger partial charge in [-0.05, 0) is 55.2 Å². The molecule has 0 aliphatic carbocycles. The van der Waals surface area contributed by atoms with Crippen LogP contribution in [0.25, 0.3) is 0 Å². The van der Waals surface area contributed by atoms with E-state index in [9.17, 15) is 21.6 Å². The highest BCUT2D eigenvalue weighted by molar-refractivity contribution is 7.92. The second kappa shape index (κ2) is 7.79. The maximum absolute atomic E-state index is 13.1. The number of sulfonamides is 1. The van der Waals surface area contributed by atoms with E-state index in [1.807, 2.05) is 0 Å². The number of nitrogens with zero attached hydrogens (tertiary/aromatic N) is 2. The topological polar surface area (TPSA) is 91.8 Å². The first-order valence-electron chi connectivity index (χ1n) is 9.15. The molecule has 0 fully saturated rings. The van der Waals surface area contributed by atoms with Crippen molar-refractivity contribution in [3.63, 3.8) is 0 Å². The first kappa shape index (κ1) is 21.3. The molecule has 0 N–H and O–H groups in total. The molecule has 0 radical (unpaired) electrons. The molecule has 2 aromatic rings. The molecular formula is C20H24N2O5S2. The highest BCUT2D eigenvalue weighted by Crippen LogP contribution is 2.30. The van der Waals surface area contributed by atoms with E-state index in [-0.39, 0.29) is 17.3 Å². The van der Waals surface area contributed by atoms with Gasteiger partial charge in [-0.2, -0.15) is 0 Å². The van der Waals surface area contributed by atoms with Gasteiger partial charge in [-0.1, -0.05) is 18.2 Å². The molecule has 0 aromatic heterocycles. The van der Waals surface area contributed by atoms with Crippen LogP contribution in [0.15, 0.2) is 47.4 Å². The third-order valence-electron chi connectivity index (χ3n) is 4.96. The van der Waals surface area contributed by atoms with E-state index in [0.29, 0.717) is 30.8 Å². The standard InChI is InChI=1S/C20H24N2O5S2/c1-15-7-4-5-9-18(15)22(29(3,26)27)14-20(23)21-12-6-8-16-13-17(28(2,24)25)10-11-19(16)21/h4-5,7,9-11,13H,6,8,12,14H2,1-3H3. The average molecular weight is 437 g/mol. The van der Waals surface area contributed by atoms with E-state index in [1.165, 1.54) is 6.07 Å². The predicted octanol–water partition coefficient (Wildman–Crippen LogP) is 2.14. The van der Waals surface area contributed by atoms with Gasteiger partial charge in [0.25, 0.3) is 0 Å². The van der Waals surface area contributed by atoms with Gasteiger partial charge in [-0.25, -0.2) is 16.8 Å². The van der Waals surface area contributed by atoms with Crippen LogP contribution >= 0.6 is 0 Å². The van der Waals surface area contributed by atoms with Gasteiger partial charge in [-0.3, -0.25) is 9.10 Å². The van der Waals surface area contributed by atoms with Gasteiger partial charge in [0.1, 0.15) is 6.54 Å². The van der Waals surface area contributed by atoms with Gasteiger partial charge in [-0.15, -0.1) is 0 Å². The summed E-state index contributed by atoms with van der Waals surface area (Å²) in [5, 5.41) is 0. The van der Waals surface area contributed by atoms with Crippen LogP contribution in [0, 0.1) is 6.92 Å². The van der Waals surface area contributed by atoms with Crippen molar-refractivity contribution in [3.05, 3.63) is 53.6 Å². The molecular weight excluding hydrogens is 412 g/mol. The Hall–Kier alpha value is -2.39. The predicted molar refractivity (Wildman–Crippen MR) is 114 cm³/mol. The lowest BCUT2D eigenvalue weighted by Crippen LogP contribution is -2.44. The zero-order valence-electron chi connectivity index (χ0n) is 16.6. The molecule has 9 heteroatoms. The highest BCUT2D eigenvalue weighted by Gasteiger charge is 2.28. The fourth-order valence-corrected chi connectivity index (χ4v) is 5.07. The maximum atomic E-state index is 13.1. The molecule has 0 bridgehead atoms. The van der Waals surface area contributed by atoms with Crippen LogP contribution in [0.2, 0.25) is 0 Å². The SMILES string of the molecule is Cc1ccccc1N(CC(=O)N1CCCc2cc(S(C)(=O)=O)ccc21)S(C)(=O)=O. The Labute approximate surface area is 171 Å². The van der Waals surface area contributed by atoms with E-state index in [1.54, 1.807) is 48.2 Å². The van der Waals surface area contributed by atoms with Gasteiger partial charge in [0, 0.05) is 18.5 Å². The van der Waals surface area contributed by atoms with Crippen LogP contribution in [0.1, 0.15) is 17.5 Å². The number of sulfone groups is 1. The van der Waals surface area contributed by atoms with E-state index in [4.69, 9.17) is 0 Å². The van der Waals surface area contributed by atoms with Crippen LogP contribution in [0.3, 0.4) is 0 Å². The molecule has 0 saturated heterocycles. The van der Waals surface area contributed by atoms with Crippen molar-refractivity contribution in [2.75, 3.05) is 34.8 Å². The molecule has 0 atom stereocenters. The summed E-state index contributed by atoms with van der Waals surface area (Å²) in [5.41, 5.74) is 2.62. The summed E-state index contributed by atoms with van der Waals surface area (Å²) >= 11 is 0. The van der Waals surface area contributed by atoms with Crippen molar-refractivity contribution in [2.45, 2.75) is 24.7 Å². The van der Waals surface area contributed by atoms with Crippen molar-refractivity contribution >= 4 is 37.1 Å². The second-order valence-corrected chi connectivity index (χ2v) is 11.2. The summed E-state index contributed by atoms with van der Waals surface area (Å²) in [7, 11) is -7.02. The molecule has 0 unspecified atom stereocenters. The average Bonchev–Trinajstić information content (AvgIpc) is 2.64. The first-order valence-corrected chi connectivity index (χ1v) is 12.9. The minimum absolute atomic E-state index is 0.211. The van der Waals surface area contributed by atoms with Gasteiger partial charge in [0.05, 0.1) is 16.8 Å². The molecule has 2 aromatic carbocycles. The summed E-state index contributed by atoms with van der Waals surface area (Å²) in [6, 6.07) is 11.7. The molecule has 0 saturated carbocycles. The van der Waals surface area contributed by atoms with Crippen molar-refractivity contribution in [1.82, 2.24) is 0 Å². The van der Waals surface area contributed by atoms with E-state index < -0.39 is 19.9 Å². The van der Waals surface area contributed by atoms with Gasteiger partial charge >= 0.3 is 0 Å². The van der Waals surface area contributed by atoms with Crippen molar-refractivity contribution in [2.24, 2.45) is 0 Å². The van der Waals surface area contributed by atoms with Crippen LogP contribution < -0.4 is 9.21 Å². The number of rotatable bonds is 5. The Morgan fingerprint density at radius 1 is 1.07 bits per heavy atom. The monoisotopic (exact) mass is 436 g/mol. The number of fused-ring (bicyclic) bond motifs is 1. The quantitative estimate of drug-likeness (QED) is 0.716. The molecule has 29 heavy (non-hydrogen) atoms.